The van der Waals surface area contributed by atoms with Crippen molar-refractivity contribution in [3.8, 4) is 0 Å². The molecule has 0 radical (unpaired) electrons. The van der Waals surface area contributed by atoms with E-state index in [1.165, 1.54) is 25.7 Å². The van der Waals surface area contributed by atoms with Gasteiger partial charge < -0.3 is 11.1 Å². The van der Waals surface area contributed by atoms with Crippen molar-refractivity contribution < 1.29 is 4.79 Å². The largest absolute Gasteiger partial charge is 0.352 e. The van der Waals surface area contributed by atoms with Crippen LogP contribution in [0.5, 0.6) is 0 Å². The number of hydrogen-bond acceptors (Lipinski definition) is 2. The van der Waals surface area contributed by atoms with Crippen molar-refractivity contribution >= 4 is 5.91 Å². The number of carbonyl (C=O) groups is 1. The Morgan fingerprint density at radius 1 is 1.47 bits per heavy atom. The average molecular weight is 212 g/mol. The Labute approximate surface area is 92.8 Å². The molecule has 1 rings (SSSR count). The molecular formula is C12H24N2O. The Morgan fingerprint density at radius 2 is 2.07 bits per heavy atom. The number of carbonyl (C=O) groups excluding carboxylic acids is 1. The van der Waals surface area contributed by atoms with Crippen LogP contribution in [0.1, 0.15) is 52.4 Å². The summed E-state index contributed by atoms with van der Waals surface area (Å²) < 4.78 is 0. The van der Waals surface area contributed by atoms with Crippen LogP contribution in [0.3, 0.4) is 0 Å². The van der Waals surface area contributed by atoms with Crippen molar-refractivity contribution in [1.82, 2.24) is 5.32 Å². The molecule has 0 bridgehead atoms. The Bertz CT molecular complexity index is 200. The molecule has 1 fully saturated rings. The van der Waals surface area contributed by atoms with E-state index < -0.39 is 0 Å². The first-order chi connectivity index (χ1) is 7.15. The van der Waals surface area contributed by atoms with E-state index in [0.29, 0.717) is 12.0 Å². The summed E-state index contributed by atoms with van der Waals surface area (Å²) in [5.41, 5.74) is 5.76. The van der Waals surface area contributed by atoms with Crippen LogP contribution in [-0.2, 0) is 4.79 Å². The van der Waals surface area contributed by atoms with Crippen LogP contribution in [0.15, 0.2) is 0 Å². The highest BCUT2D eigenvalue weighted by atomic mass is 16.2. The molecular weight excluding hydrogens is 188 g/mol. The second-order valence-electron chi connectivity index (χ2n) is 4.74. The van der Waals surface area contributed by atoms with Crippen molar-refractivity contribution in [3.63, 3.8) is 0 Å². The van der Waals surface area contributed by atoms with Gasteiger partial charge in [-0.1, -0.05) is 26.2 Å². The summed E-state index contributed by atoms with van der Waals surface area (Å²) in [7, 11) is 0. The number of amides is 1. The predicted octanol–water partition coefficient (Wildman–Crippen LogP) is 1.81. The van der Waals surface area contributed by atoms with E-state index in [-0.39, 0.29) is 11.9 Å². The topological polar surface area (TPSA) is 55.1 Å². The number of nitrogens with two attached hydrogens (primary N) is 1. The Kier molecular flexibility index (Phi) is 5.09. The molecule has 3 N–H and O–H groups in total. The van der Waals surface area contributed by atoms with Crippen LogP contribution in [0.2, 0.25) is 0 Å². The summed E-state index contributed by atoms with van der Waals surface area (Å²) in [4.78, 5) is 11.7. The molecule has 1 unspecified atom stereocenters. The normalized spacial score (nSPS) is 21.3. The molecule has 1 aliphatic carbocycles. The first kappa shape index (κ1) is 12.5. The van der Waals surface area contributed by atoms with Crippen LogP contribution < -0.4 is 11.1 Å². The Morgan fingerprint density at radius 3 is 2.60 bits per heavy atom. The molecule has 0 aromatic carbocycles. The van der Waals surface area contributed by atoms with E-state index in [9.17, 15) is 4.79 Å². The van der Waals surface area contributed by atoms with Gasteiger partial charge >= 0.3 is 0 Å². The maximum Gasteiger partial charge on any atom is 0.237 e. The number of rotatable bonds is 5. The van der Waals surface area contributed by atoms with E-state index in [0.717, 1.165) is 12.8 Å². The minimum atomic E-state index is -0.321. The molecule has 3 heteroatoms. The number of nitrogens with one attached hydrogen (secondary N) is 1. The average Bonchev–Trinajstić information content (AvgIpc) is 2.70. The van der Waals surface area contributed by atoms with Crippen molar-refractivity contribution in [2.75, 3.05) is 0 Å². The molecule has 0 aromatic rings. The van der Waals surface area contributed by atoms with Gasteiger partial charge in [-0.3, -0.25) is 4.79 Å². The van der Waals surface area contributed by atoms with Crippen LogP contribution in [0, 0.1) is 5.92 Å². The van der Waals surface area contributed by atoms with Crippen molar-refractivity contribution in [3.05, 3.63) is 0 Å². The first-order valence-electron chi connectivity index (χ1n) is 6.21. The maximum absolute atomic E-state index is 11.7. The predicted molar refractivity (Wildman–Crippen MR) is 62.4 cm³/mol. The molecule has 3 nitrogen and oxygen atoms in total. The third kappa shape index (κ3) is 3.82. The van der Waals surface area contributed by atoms with Gasteiger partial charge in [-0.05, 0) is 32.1 Å². The second-order valence-corrected chi connectivity index (χ2v) is 4.74. The highest BCUT2D eigenvalue weighted by molar-refractivity contribution is 5.81. The van der Waals surface area contributed by atoms with Crippen LogP contribution in [0.25, 0.3) is 0 Å². The molecule has 15 heavy (non-hydrogen) atoms. The quantitative estimate of drug-likeness (QED) is 0.730. The zero-order chi connectivity index (χ0) is 11.3. The van der Waals surface area contributed by atoms with Gasteiger partial charge in [0.15, 0.2) is 0 Å². The maximum atomic E-state index is 11.7. The zero-order valence-corrected chi connectivity index (χ0v) is 9.96. The summed E-state index contributed by atoms with van der Waals surface area (Å²) in [5, 5.41) is 3.04. The molecule has 88 valence electrons. The minimum absolute atomic E-state index is 0.0243. The lowest BCUT2D eigenvalue weighted by Gasteiger charge is -2.22. The van der Waals surface area contributed by atoms with E-state index in [4.69, 9.17) is 5.73 Å². The summed E-state index contributed by atoms with van der Waals surface area (Å²) in [5.74, 6) is 0.694. The zero-order valence-electron chi connectivity index (χ0n) is 9.96. The van der Waals surface area contributed by atoms with E-state index in [1.807, 2.05) is 6.92 Å². The summed E-state index contributed by atoms with van der Waals surface area (Å²) >= 11 is 0. The van der Waals surface area contributed by atoms with Gasteiger partial charge in [-0.25, -0.2) is 0 Å². The highest BCUT2D eigenvalue weighted by Gasteiger charge is 2.24. The fourth-order valence-electron chi connectivity index (χ4n) is 2.35. The van der Waals surface area contributed by atoms with Gasteiger partial charge in [0.1, 0.15) is 0 Å². The standard InChI is InChI=1S/C12H24N2O/c1-3-6-11(13)12(15)14-9(2)10-7-4-5-8-10/h9-11H,3-8,13H2,1-2H3,(H,14,15)/t9-,11?/m1/s1. The molecule has 1 amide bonds. The van der Waals surface area contributed by atoms with Gasteiger partial charge in [0.05, 0.1) is 6.04 Å². The SMILES string of the molecule is CCCC(N)C(=O)N[C@H](C)C1CCCC1. The Balaban J connectivity index is 2.29. The molecule has 1 saturated carbocycles. The first-order valence-corrected chi connectivity index (χ1v) is 6.21. The van der Waals surface area contributed by atoms with Gasteiger partial charge in [0, 0.05) is 6.04 Å². The lowest BCUT2D eigenvalue weighted by Crippen LogP contribution is -2.46. The smallest absolute Gasteiger partial charge is 0.237 e. The fraction of sp³-hybridized carbons (Fsp3) is 0.917. The van der Waals surface area contributed by atoms with Crippen molar-refractivity contribution in [1.29, 1.82) is 0 Å². The van der Waals surface area contributed by atoms with Crippen molar-refractivity contribution in [2.24, 2.45) is 11.7 Å². The second kappa shape index (κ2) is 6.11. The van der Waals surface area contributed by atoms with Crippen LogP contribution in [-0.4, -0.2) is 18.0 Å². The molecule has 0 saturated heterocycles. The number of hydrogen-bond donors (Lipinski definition) is 2. The lowest BCUT2D eigenvalue weighted by molar-refractivity contribution is -0.123. The molecule has 0 aromatic heterocycles. The van der Waals surface area contributed by atoms with Gasteiger partial charge in [0.2, 0.25) is 5.91 Å². The van der Waals surface area contributed by atoms with Crippen molar-refractivity contribution in [2.45, 2.75) is 64.5 Å². The summed E-state index contributed by atoms with van der Waals surface area (Å²) in [6.07, 6.45) is 6.88. The van der Waals surface area contributed by atoms with E-state index in [2.05, 4.69) is 12.2 Å². The van der Waals surface area contributed by atoms with E-state index in [1.54, 1.807) is 0 Å². The minimum Gasteiger partial charge on any atom is -0.352 e. The Hall–Kier alpha value is -0.570. The third-order valence-electron chi connectivity index (χ3n) is 3.41. The van der Waals surface area contributed by atoms with Crippen LogP contribution in [0.4, 0.5) is 0 Å². The lowest BCUT2D eigenvalue weighted by atomic mass is 9.99. The molecule has 1 aliphatic rings. The third-order valence-corrected chi connectivity index (χ3v) is 3.41. The summed E-state index contributed by atoms with van der Waals surface area (Å²) in [6.45, 7) is 4.15. The molecule has 0 spiro atoms. The molecule has 0 heterocycles. The van der Waals surface area contributed by atoms with Crippen LogP contribution >= 0.6 is 0 Å². The molecule has 0 aliphatic heterocycles. The summed E-state index contributed by atoms with van der Waals surface area (Å²) in [6, 6.07) is -0.0261. The van der Waals surface area contributed by atoms with E-state index >= 15 is 0 Å². The highest BCUT2D eigenvalue weighted by Crippen LogP contribution is 2.27. The molecule has 2 atom stereocenters. The van der Waals surface area contributed by atoms with Gasteiger partial charge in [-0.15, -0.1) is 0 Å². The fourth-order valence-corrected chi connectivity index (χ4v) is 2.35. The van der Waals surface area contributed by atoms with Gasteiger partial charge in [-0.2, -0.15) is 0 Å². The van der Waals surface area contributed by atoms with Gasteiger partial charge in [0.25, 0.3) is 0 Å². The monoisotopic (exact) mass is 212 g/mol.